The van der Waals surface area contributed by atoms with Crippen LogP contribution in [0.25, 0.3) is 0 Å². The van der Waals surface area contributed by atoms with Crippen LogP contribution in [0.1, 0.15) is 23.1 Å². The average Bonchev–Trinajstić information content (AvgIpc) is 2.50. The summed E-state index contributed by atoms with van der Waals surface area (Å²) in [6.07, 6.45) is 1.77. The second kappa shape index (κ2) is 5.60. The third-order valence-electron chi connectivity index (χ3n) is 4.02. The molecule has 1 aliphatic heterocycles. The van der Waals surface area contributed by atoms with Gasteiger partial charge < -0.3 is 10.6 Å². The van der Waals surface area contributed by atoms with Crippen molar-refractivity contribution < 1.29 is 4.79 Å². The van der Waals surface area contributed by atoms with Gasteiger partial charge in [0.1, 0.15) is 6.04 Å². The number of para-hydroxylation sites is 1. The zero-order valence-electron chi connectivity index (χ0n) is 12.4. The maximum atomic E-state index is 12.5. The molecule has 2 N–H and O–H groups in total. The number of anilines is 2. The van der Waals surface area contributed by atoms with E-state index >= 15 is 0 Å². The Morgan fingerprint density at radius 3 is 2.86 bits per heavy atom. The molecule has 1 aliphatic rings. The van der Waals surface area contributed by atoms with Gasteiger partial charge in [0.25, 0.3) is 0 Å². The Balaban J connectivity index is 1.74. The normalized spacial score (nSPS) is 16.8. The van der Waals surface area contributed by atoms with Gasteiger partial charge in [-0.05, 0) is 55.5 Å². The molecule has 3 heteroatoms. The lowest BCUT2D eigenvalue weighted by molar-refractivity contribution is -0.117. The molecule has 0 bridgehead atoms. The summed E-state index contributed by atoms with van der Waals surface area (Å²) in [5, 5.41) is 6.39. The molecule has 3 nitrogen and oxygen atoms in total. The van der Waals surface area contributed by atoms with Crippen LogP contribution in [0, 0.1) is 13.8 Å². The number of nitrogens with one attached hydrogen (secondary N) is 2. The molecule has 21 heavy (non-hydrogen) atoms. The molecule has 1 atom stereocenters. The standard InChI is InChI=1S/C18H20N2O/c1-12-7-8-13(2)17(11-12)20-18(21)16-10-9-14-5-3-4-6-15(14)19-16/h3-8,11,16,19H,9-10H2,1-2H3,(H,20,21). The van der Waals surface area contributed by atoms with Crippen LogP contribution >= 0.6 is 0 Å². The van der Waals surface area contributed by atoms with Crippen LogP contribution < -0.4 is 10.6 Å². The van der Waals surface area contributed by atoms with Crippen molar-refractivity contribution in [3.05, 3.63) is 59.2 Å². The molecule has 0 fully saturated rings. The lowest BCUT2D eigenvalue weighted by atomic mass is 9.97. The fourth-order valence-corrected chi connectivity index (χ4v) is 2.73. The highest BCUT2D eigenvalue weighted by molar-refractivity contribution is 5.97. The number of rotatable bonds is 2. The minimum absolute atomic E-state index is 0.0400. The van der Waals surface area contributed by atoms with Crippen LogP contribution in [0.4, 0.5) is 11.4 Å². The van der Waals surface area contributed by atoms with Crippen LogP contribution in [-0.4, -0.2) is 11.9 Å². The zero-order chi connectivity index (χ0) is 14.8. The third-order valence-corrected chi connectivity index (χ3v) is 4.02. The van der Waals surface area contributed by atoms with Gasteiger partial charge in [0.05, 0.1) is 0 Å². The molecular weight excluding hydrogens is 260 g/mol. The number of carbonyl (C=O) groups excluding carboxylic acids is 1. The Labute approximate surface area is 125 Å². The fraction of sp³-hybridized carbons (Fsp3) is 0.278. The van der Waals surface area contributed by atoms with E-state index in [9.17, 15) is 4.79 Å². The minimum atomic E-state index is -0.167. The number of aryl methyl sites for hydroxylation is 3. The quantitative estimate of drug-likeness (QED) is 0.881. The largest absolute Gasteiger partial charge is 0.373 e. The molecule has 1 amide bonds. The monoisotopic (exact) mass is 280 g/mol. The highest BCUT2D eigenvalue weighted by Gasteiger charge is 2.23. The topological polar surface area (TPSA) is 41.1 Å². The molecule has 2 aromatic rings. The number of hydrogen-bond acceptors (Lipinski definition) is 2. The van der Waals surface area contributed by atoms with E-state index < -0.39 is 0 Å². The van der Waals surface area contributed by atoms with Crippen molar-refractivity contribution in [1.29, 1.82) is 0 Å². The Bertz CT molecular complexity index is 679. The summed E-state index contributed by atoms with van der Waals surface area (Å²) >= 11 is 0. The second-order valence-corrected chi connectivity index (χ2v) is 5.70. The first-order valence-electron chi connectivity index (χ1n) is 7.36. The Kier molecular flexibility index (Phi) is 3.65. The van der Waals surface area contributed by atoms with Gasteiger partial charge in [-0.2, -0.15) is 0 Å². The van der Waals surface area contributed by atoms with E-state index in [0.717, 1.165) is 35.3 Å². The number of benzene rings is 2. The highest BCUT2D eigenvalue weighted by Crippen LogP contribution is 2.25. The van der Waals surface area contributed by atoms with Gasteiger partial charge in [0.2, 0.25) is 5.91 Å². The van der Waals surface area contributed by atoms with Crippen LogP contribution in [0.3, 0.4) is 0 Å². The van der Waals surface area contributed by atoms with Crippen molar-refractivity contribution in [2.75, 3.05) is 10.6 Å². The van der Waals surface area contributed by atoms with Gasteiger partial charge in [0.15, 0.2) is 0 Å². The number of amides is 1. The molecule has 0 radical (unpaired) electrons. The fourth-order valence-electron chi connectivity index (χ4n) is 2.73. The smallest absolute Gasteiger partial charge is 0.246 e. The first-order chi connectivity index (χ1) is 10.1. The molecule has 1 unspecified atom stereocenters. The molecular formula is C18H20N2O. The van der Waals surface area contributed by atoms with Gasteiger partial charge in [-0.15, -0.1) is 0 Å². The Hall–Kier alpha value is -2.29. The summed E-state index contributed by atoms with van der Waals surface area (Å²) in [6, 6.07) is 14.1. The van der Waals surface area contributed by atoms with Gasteiger partial charge in [0, 0.05) is 11.4 Å². The second-order valence-electron chi connectivity index (χ2n) is 5.70. The minimum Gasteiger partial charge on any atom is -0.373 e. The van der Waals surface area contributed by atoms with Gasteiger partial charge in [-0.1, -0.05) is 30.3 Å². The molecule has 2 aromatic carbocycles. The SMILES string of the molecule is Cc1ccc(C)c(NC(=O)C2CCc3ccccc3N2)c1. The molecule has 0 saturated heterocycles. The van der Waals surface area contributed by atoms with Crippen LogP contribution in [-0.2, 0) is 11.2 Å². The van der Waals surface area contributed by atoms with E-state index in [4.69, 9.17) is 0 Å². The summed E-state index contributed by atoms with van der Waals surface area (Å²) in [6.45, 7) is 4.04. The van der Waals surface area contributed by atoms with E-state index in [2.05, 4.69) is 22.8 Å². The average molecular weight is 280 g/mol. The summed E-state index contributed by atoms with van der Waals surface area (Å²) in [5.41, 5.74) is 5.50. The lowest BCUT2D eigenvalue weighted by Crippen LogP contribution is -2.37. The lowest BCUT2D eigenvalue weighted by Gasteiger charge is -2.26. The van der Waals surface area contributed by atoms with Crippen molar-refractivity contribution in [2.45, 2.75) is 32.7 Å². The number of fused-ring (bicyclic) bond motifs is 1. The number of hydrogen-bond donors (Lipinski definition) is 2. The van der Waals surface area contributed by atoms with Crippen molar-refractivity contribution in [3.8, 4) is 0 Å². The molecule has 0 aliphatic carbocycles. The number of carbonyl (C=O) groups is 1. The first kappa shape index (κ1) is 13.7. The van der Waals surface area contributed by atoms with Gasteiger partial charge in [-0.25, -0.2) is 0 Å². The highest BCUT2D eigenvalue weighted by atomic mass is 16.2. The van der Waals surface area contributed by atoms with Crippen molar-refractivity contribution in [3.63, 3.8) is 0 Å². The van der Waals surface area contributed by atoms with Crippen molar-refractivity contribution in [2.24, 2.45) is 0 Å². The predicted octanol–water partition coefficient (Wildman–Crippen LogP) is 3.67. The maximum absolute atomic E-state index is 12.5. The molecule has 0 saturated carbocycles. The maximum Gasteiger partial charge on any atom is 0.246 e. The summed E-state index contributed by atoms with van der Waals surface area (Å²) in [4.78, 5) is 12.5. The predicted molar refractivity (Wildman–Crippen MR) is 86.7 cm³/mol. The van der Waals surface area contributed by atoms with Gasteiger partial charge >= 0.3 is 0 Å². The van der Waals surface area contributed by atoms with E-state index in [-0.39, 0.29) is 11.9 Å². The third kappa shape index (κ3) is 2.92. The van der Waals surface area contributed by atoms with Crippen LogP contribution in [0.2, 0.25) is 0 Å². The molecule has 0 aromatic heterocycles. The Morgan fingerprint density at radius 1 is 1.19 bits per heavy atom. The molecule has 3 rings (SSSR count). The van der Waals surface area contributed by atoms with Gasteiger partial charge in [-0.3, -0.25) is 4.79 Å². The van der Waals surface area contributed by atoms with Crippen molar-refractivity contribution in [1.82, 2.24) is 0 Å². The Morgan fingerprint density at radius 2 is 2.00 bits per heavy atom. The van der Waals surface area contributed by atoms with Crippen molar-refractivity contribution >= 4 is 17.3 Å². The summed E-state index contributed by atoms with van der Waals surface area (Å²) in [7, 11) is 0. The molecule has 108 valence electrons. The molecule has 1 heterocycles. The van der Waals surface area contributed by atoms with Crippen LogP contribution in [0.15, 0.2) is 42.5 Å². The van der Waals surface area contributed by atoms with E-state index in [1.807, 2.05) is 44.2 Å². The zero-order valence-corrected chi connectivity index (χ0v) is 12.4. The summed E-state index contributed by atoms with van der Waals surface area (Å²) < 4.78 is 0. The molecule has 0 spiro atoms. The van der Waals surface area contributed by atoms with E-state index in [1.54, 1.807) is 0 Å². The first-order valence-corrected chi connectivity index (χ1v) is 7.36. The van der Waals surface area contributed by atoms with Crippen LogP contribution in [0.5, 0.6) is 0 Å². The van der Waals surface area contributed by atoms with E-state index in [0.29, 0.717) is 0 Å². The summed E-state index contributed by atoms with van der Waals surface area (Å²) in [5.74, 6) is 0.0400. The van der Waals surface area contributed by atoms with E-state index in [1.165, 1.54) is 5.56 Å².